The third-order valence-electron chi connectivity index (χ3n) is 4.28. The average molecular weight is 322 g/mol. The summed E-state index contributed by atoms with van der Waals surface area (Å²) < 4.78 is 7.71. The number of aliphatic imine (C=N–C) groups is 1. The van der Waals surface area contributed by atoms with Crippen LogP contribution in [0.5, 0.6) is 0 Å². The van der Waals surface area contributed by atoms with Crippen molar-refractivity contribution in [1.29, 1.82) is 0 Å². The van der Waals surface area contributed by atoms with Crippen LogP contribution in [-0.4, -0.2) is 78.5 Å². The van der Waals surface area contributed by atoms with Gasteiger partial charge >= 0.3 is 0 Å². The number of ether oxygens (including phenoxy) is 1. The molecule has 1 fully saturated rings. The Balaban J connectivity index is 1.88. The van der Waals surface area contributed by atoms with Crippen LogP contribution in [0.15, 0.2) is 17.4 Å². The van der Waals surface area contributed by atoms with Gasteiger partial charge in [0.05, 0.1) is 19.3 Å². The van der Waals surface area contributed by atoms with Gasteiger partial charge in [-0.15, -0.1) is 0 Å². The quantitative estimate of drug-likeness (QED) is 0.617. The molecule has 0 radical (unpaired) electrons. The van der Waals surface area contributed by atoms with Crippen LogP contribution in [0, 0.1) is 0 Å². The molecule has 1 aromatic rings. The average Bonchev–Trinajstić information content (AvgIpc) is 3.02. The van der Waals surface area contributed by atoms with Gasteiger partial charge in [-0.1, -0.05) is 13.8 Å². The number of morpholine rings is 1. The fourth-order valence-electron chi connectivity index (χ4n) is 2.85. The molecular weight excluding hydrogens is 292 g/mol. The van der Waals surface area contributed by atoms with Crippen LogP contribution in [-0.2, 0) is 11.8 Å². The van der Waals surface area contributed by atoms with Crippen molar-refractivity contribution in [2.75, 3.05) is 52.9 Å². The third-order valence-corrected chi connectivity index (χ3v) is 4.28. The van der Waals surface area contributed by atoms with Gasteiger partial charge in [0.2, 0.25) is 0 Å². The normalized spacial score (nSPS) is 19.4. The predicted molar refractivity (Wildman–Crippen MR) is 92.6 cm³/mol. The molecule has 2 heterocycles. The van der Waals surface area contributed by atoms with Gasteiger partial charge < -0.3 is 19.9 Å². The monoisotopic (exact) mass is 322 g/mol. The van der Waals surface area contributed by atoms with Gasteiger partial charge in [-0.05, 0) is 13.1 Å². The van der Waals surface area contributed by atoms with Crippen molar-refractivity contribution >= 4 is 5.96 Å². The molecule has 0 bridgehead atoms. The molecule has 1 unspecified atom stereocenters. The highest BCUT2D eigenvalue weighted by Gasteiger charge is 2.25. The van der Waals surface area contributed by atoms with Crippen molar-refractivity contribution < 1.29 is 4.74 Å². The first-order chi connectivity index (χ1) is 11.2. The van der Waals surface area contributed by atoms with Crippen molar-refractivity contribution in [2.24, 2.45) is 12.0 Å². The maximum absolute atomic E-state index is 5.89. The summed E-state index contributed by atoms with van der Waals surface area (Å²) in [6.45, 7) is 10.9. The predicted octanol–water partition coefficient (Wildman–Crippen LogP) is 0.711. The molecule has 1 atom stereocenters. The molecule has 1 saturated heterocycles. The smallest absolute Gasteiger partial charge is 0.193 e. The summed E-state index contributed by atoms with van der Waals surface area (Å²) in [7, 11) is 3.77. The lowest BCUT2D eigenvalue weighted by Crippen LogP contribution is -2.49. The first-order valence-electron chi connectivity index (χ1n) is 8.46. The first-order valence-corrected chi connectivity index (χ1v) is 8.46. The molecule has 0 spiro atoms. The van der Waals surface area contributed by atoms with Gasteiger partial charge in [0.15, 0.2) is 5.96 Å². The molecule has 0 amide bonds. The van der Waals surface area contributed by atoms with Gasteiger partial charge in [-0.25, -0.2) is 0 Å². The van der Waals surface area contributed by atoms with Gasteiger partial charge in [0, 0.05) is 45.5 Å². The number of aromatic nitrogens is 2. The zero-order chi connectivity index (χ0) is 16.7. The minimum absolute atomic E-state index is 0.0544. The lowest BCUT2D eigenvalue weighted by molar-refractivity contribution is -0.00804. The molecule has 1 aliphatic rings. The molecule has 1 aliphatic heterocycles. The van der Waals surface area contributed by atoms with Crippen molar-refractivity contribution in [2.45, 2.75) is 20.0 Å². The van der Waals surface area contributed by atoms with E-state index in [1.807, 2.05) is 31.2 Å². The SMILES string of the molecule is CCN(CC)CCNC(=NC)N1CCOC(c2cnn(C)c2)C1. The van der Waals surface area contributed by atoms with Gasteiger partial charge in [-0.2, -0.15) is 5.10 Å². The second-order valence-corrected chi connectivity index (χ2v) is 5.75. The number of rotatable bonds is 6. The largest absolute Gasteiger partial charge is 0.370 e. The van der Waals surface area contributed by atoms with Crippen LogP contribution in [0.1, 0.15) is 25.5 Å². The van der Waals surface area contributed by atoms with Crippen LogP contribution < -0.4 is 5.32 Å². The number of nitrogens with zero attached hydrogens (tertiary/aromatic N) is 5. The number of nitrogens with one attached hydrogen (secondary N) is 1. The molecular formula is C16H30N6O. The van der Waals surface area contributed by atoms with Crippen molar-refractivity contribution in [3.05, 3.63) is 18.0 Å². The van der Waals surface area contributed by atoms with E-state index in [2.05, 4.69) is 39.1 Å². The molecule has 0 aromatic carbocycles. The molecule has 7 heteroatoms. The number of likely N-dealkylation sites (N-methyl/N-ethyl adjacent to an activating group) is 1. The Morgan fingerprint density at radius 2 is 2.26 bits per heavy atom. The minimum Gasteiger partial charge on any atom is -0.370 e. The Labute approximate surface area is 139 Å². The molecule has 2 rings (SSSR count). The summed E-state index contributed by atoms with van der Waals surface area (Å²) in [5.74, 6) is 0.953. The summed E-state index contributed by atoms with van der Waals surface area (Å²) in [5.41, 5.74) is 1.12. The van der Waals surface area contributed by atoms with E-state index in [-0.39, 0.29) is 6.10 Å². The van der Waals surface area contributed by atoms with Crippen LogP contribution in [0.25, 0.3) is 0 Å². The van der Waals surface area contributed by atoms with E-state index in [0.29, 0.717) is 6.61 Å². The number of hydrogen-bond donors (Lipinski definition) is 1. The highest BCUT2D eigenvalue weighted by molar-refractivity contribution is 5.80. The summed E-state index contributed by atoms with van der Waals surface area (Å²) >= 11 is 0. The molecule has 0 aliphatic carbocycles. The summed E-state index contributed by atoms with van der Waals surface area (Å²) in [5, 5.41) is 7.71. The molecule has 1 N–H and O–H groups in total. The molecule has 1 aromatic heterocycles. The van der Waals surface area contributed by atoms with Crippen LogP contribution >= 0.6 is 0 Å². The second kappa shape index (κ2) is 8.88. The van der Waals surface area contributed by atoms with Crippen molar-refractivity contribution in [3.63, 3.8) is 0 Å². The standard InChI is InChI=1S/C16H30N6O/c1-5-21(6-2)8-7-18-16(17-3)22-9-10-23-15(13-22)14-11-19-20(4)12-14/h11-12,15H,5-10,13H2,1-4H3,(H,17,18). The minimum atomic E-state index is 0.0544. The summed E-state index contributed by atoms with van der Waals surface area (Å²) in [6.07, 6.45) is 3.95. The summed E-state index contributed by atoms with van der Waals surface area (Å²) in [6, 6.07) is 0. The van der Waals surface area contributed by atoms with Crippen LogP contribution in [0.2, 0.25) is 0 Å². The van der Waals surface area contributed by atoms with Gasteiger partial charge in [0.1, 0.15) is 6.10 Å². The van der Waals surface area contributed by atoms with E-state index in [1.54, 1.807) is 0 Å². The van der Waals surface area contributed by atoms with E-state index >= 15 is 0 Å². The summed E-state index contributed by atoms with van der Waals surface area (Å²) in [4.78, 5) is 9.10. The third kappa shape index (κ3) is 4.94. The Morgan fingerprint density at radius 1 is 1.48 bits per heavy atom. The molecule has 0 saturated carbocycles. The highest BCUT2D eigenvalue weighted by atomic mass is 16.5. The Morgan fingerprint density at radius 3 is 2.87 bits per heavy atom. The Kier molecular flexibility index (Phi) is 6.85. The first kappa shape index (κ1) is 17.7. The lowest BCUT2D eigenvalue weighted by Gasteiger charge is -2.35. The highest BCUT2D eigenvalue weighted by Crippen LogP contribution is 2.21. The zero-order valence-corrected chi connectivity index (χ0v) is 14.8. The van der Waals surface area contributed by atoms with Crippen LogP contribution in [0.3, 0.4) is 0 Å². The number of aryl methyl sites for hydroxylation is 1. The van der Waals surface area contributed by atoms with E-state index in [9.17, 15) is 0 Å². The topological polar surface area (TPSA) is 57.9 Å². The fraction of sp³-hybridized carbons (Fsp3) is 0.750. The van der Waals surface area contributed by atoms with E-state index in [0.717, 1.165) is 50.8 Å². The number of guanidine groups is 1. The second-order valence-electron chi connectivity index (χ2n) is 5.75. The van der Waals surface area contributed by atoms with Gasteiger partial charge in [0.25, 0.3) is 0 Å². The molecule has 7 nitrogen and oxygen atoms in total. The lowest BCUT2D eigenvalue weighted by atomic mass is 10.1. The van der Waals surface area contributed by atoms with E-state index in [4.69, 9.17) is 4.74 Å². The fourth-order valence-corrected chi connectivity index (χ4v) is 2.85. The Bertz CT molecular complexity index is 497. The van der Waals surface area contributed by atoms with Gasteiger partial charge in [-0.3, -0.25) is 9.67 Å². The zero-order valence-electron chi connectivity index (χ0n) is 14.8. The van der Waals surface area contributed by atoms with E-state index < -0.39 is 0 Å². The molecule has 23 heavy (non-hydrogen) atoms. The Hall–Kier alpha value is -1.60. The van der Waals surface area contributed by atoms with Crippen LogP contribution in [0.4, 0.5) is 0 Å². The maximum Gasteiger partial charge on any atom is 0.193 e. The van der Waals surface area contributed by atoms with E-state index in [1.165, 1.54) is 0 Å². The maximum atomic E-state index is 5.89. The van der Waals surface area contributed by atoms with Crippen molar-refractivity contribution in [3.8, 4) is 0 Å². The molecule has 130 valence electrons. The number of hydrogen-bond acceptors (Lipinski definition) is 4. The van der Waals surface area contributed by atoms with Crippen molar-refractivity contribution in [1.82, 2.24) is 24.9 Å².